The molecule has 2 heterocycles. The standard InChI is InChI=1S/C24H30N4O3S.C2H3F3/c1-3-11-25-22-16-31-23-10-9-19(14-27-32(29,30)24-15-28(2)17-26-24)13-21(23)20(22)12-18-7-5-4-6-8-18;1-2(3,4)5/h4-10,13,15,17,20,22,25,27H,3,11-12,14,16H2,1-2H3;1H3. The topological polar surface area (TPSA) is 85.3 Å². The molecule has 0 spiro atoms. The van der Waals surface area contributed by atoms with Crippen molar-refractivity contribution in [3.63, 3.8) is 0 Å². The highest BCUT2D eigenvalue weighted by Crippen LogP contribution is 2.37. The van der Waals surface area contributed by atoms with Crippen molar-refractivity contribution in [1.82, 2.24) is 19.6 Å². The number of hydrogen-bond donors (Lipinski definition) is 2. The van der Waals surface area contributed by atoms with Crippen LogP contribution in [-0.4, -0.2) is 43.3 Å². The number of fused-ring (bicyclic) bond motifs is 1. The van der Waals surface area contributed by atoms with Gasteiger partial charge in [0.05, 0.1) is 6.33 Å². The smallest absolute Gasteiger partial charge is 0.386 e. The molecule has 3 aromatic rings. The third kappa shape index (κ3) is 8.87. The van der Waals surface area contributed by atoms with Gasteiger partial charge in [-0.25, -0.2) is 18.1 Å². The second-order valence-corrected chi connectivity index (χ2v) is 10.7. The molecular weight excluding hydrogens is 505 g/mol. The summed E-state index contributed by atoms with van der Waals surface area (Å²) >= 11 is 0. The van der Waals surface area contributed by atoms with E-state index in [9.17, 15) is 21.6 Å². The Morgan fingerprint density at radius 1 is 1.14 bits per heavy atom. The maximum atomic E-state index is 12.6. The third-order valence-electron chi connectivity index (χ3n) is 5.76. The molecular formula is C26H33F3N4O3S. The van der Waals surface area contributed by atoms with Crippen molar-refractivity contribution in [1.29, 1.82) is 0 Å². The number of hydrogen-bond acceptors (Lipinski definition) is 5. The van der Waals surface area contributed by atoms with Gasteiger partial charge in [0.1, 0.15) is 12.4 Å². The summed E-state index contributed by atoms with van der Waals surface area (Å²) in [5.74, 6) is 1.11. The van der Waals surface area contributed by atoms with Crippen molar-refractivity contribution < 1.29 is 26.3 Å². The number of halogens is 3. The lowest BCUT2D eigenvalue weighted by Gasteiger charge is -2.35. The summed E-state index contributed by atoms with van der Waals surface area (Å²) in [6.07, 6.45) is 0.907. The Morgan fingerprint density at radius 3 is 2.46 bits per heavy atom. The normalized spacial score (nSPS) is 17.4. The zero-order valence-corrected chi connectivity index (χ0v) is 21.9. The Morgan fingerprint density at radius 2 is 1.84 bits per heavy atom. The SMILES string of the molecule is CC(F)(F)F.CCCNC1COc2ccc(CNS(=O)(=O)c3cn(C)cn3)cc2C1Cc1ccccc1. The fourth-order valence-corrected chi connectivity index (χ4v) is 5.07. The van der Waals surface area contributed by atoms with E-state index in [1.165, 1.54) is 18.1 Å². The molecule has 11 heteroatoms. The van der Waals surface area contributed by atoms with Gasteiger partial charge in [-0.15, -0.1) is 0 Å². The van der Waals surface area contributed by atoms with Gasteiger partial charge >= 0.3 is 6.18 Å². The first-order chi connectivity index (χ1) is 17.5. The van der Waals surface area contributed by atoms with E-state index in [1.54, 1.807) is 11.6 Å². The van der Waals surface area contributed by atoms with Crippen LogP contribution in [0.2, 0.25) is 0 Å². The van der Waals surface area contributed by atoms with Crippen LogP contribution in [0.15, 0.2) is 66.1 Å². The van der Waals surface area contributed by atoms with Crippen LogP contribution in [0.4, 0.5) is 13.2 Å². The highest BCUT2D eigenvalue weighted by atomic mass is 32.2. The van der Waals surface area contributed by atoms with Crippen molar-refractivity contribution >= 4 is 10.0 Å². The van der Waals surface area contributed by atoms with Gasteiger partial charge in [-0.2, -0.15) is 13.2 Å². The van der Waals surface area contributed by atoms with Crippen LogP contribution >= 0.6 is 0 Å². The van der Waals surface area contributed by atoms with Crippen molar-refractivity contribution in [3.8, 4) is 5.75 Å². The Labute approximate surface area is 216 Å². The van der Waals surface area contributed by atoms with Gasteiger partial charge in [0.2, 0.25) is 0 Å². The van der Waals surface area contributed by atoms with Gasteiger partial charge in [0.15, 0.2) is 5.03 Å². The number of rotatable bonds is 9. The molecule has 0 amide bonds. The van der Waals surface area contributed by atoms with Crippen molar-refractivity contribution in [2.45, 2.75) is 56.4 Å². The van der Waals surface area contributed by atoms with E-state index in [4.69, 9.17) is 4.74 Å². The molecule has 1 aliphatic heterocycles. The van der Waals surface area contributed by atoms with Gasteiger partial charge in [-0.1, -0.05) is 49.4 Å². The molecule has 0 saturated carbocycles. The first-order valence-corrected chi connectivity index (χ1v) is 13.5. The first-order valence-electron chi connectivity index (χ1n) is 12.0. The molecule has 37 heavy (non-hydrogen) atoms. The molecule has 2 atom stereocenters. The van der Waals surface area contributed by atoms with Crippen LogP contribution in [0, 0.1) is 0 Å². The number of nitrogens with zero attached hydrogens (tertiary/aromatic N) is 2. The predicted octanol–water partition coefficient (Wildman–Crippen LogP) is 4.55. The maximum absolute atomic E-state index is 12.6. The highest BCUT2D eigenvalue weighted by molar-refractivity contribution is 7.89. The van der Waals surface area contributed by atoms with Crippen LogP contribution in [-0.2, 0) is 30.0 Å². The Bertz CT molecular complexity index is 1240. The Kier molecular flexibility index (Phi) is 9.74. The van der Waals surface area contributed by atoms with Crippen molar-refractivity contribution in [2.24, 2.45) is 7.05 Å². The molecule has 0 bridgehead atoms. The van der Waals surface area contributed by atoms with E-state index in [0.29, 0.717) is 6.61 Å². The van der Waals surface area contributed by atoms with Crippen LogP contribution in [0.3, 0.4) is 0 Å². The number of alkyl halides is 3. The van der Waals surface area contributed by atoms with Gasteiger partial charge < -0.3 is 14.6 Å². The number of nitrogens with one attached hydrogen (secondary N) is 2. The summed E-state index contributed by atoms with van der Waals surface area (Å²) in [7, 11) is -1.93. The summed E-state index contributed by atoms with van der Waals surface area (Å²) in [4.78, 5) is 3.95. The molecule has 1 aliphatic rings. The Balaban J connectivity index is 0.000000695. The van der Waals surface area contributed by atoms with Gasteiger partial charge in [-0.3, -0.25) is 0 Å². The lowest BCUT2D eigenvalue weighted by molar-refractivity contribution is -0.110. The lowest BCUT2D eigenvalue weighted by Crippen LogP contribution is -2.43. The largest absolute Gasteiger partial charge is 0.492 e. The molecule has 2 aromatic carbocycles. The first kappa shape index (κ1) is 28.7. The molecule has 0 radical (unpaired) electrons. The number of ether oxygens (including phenoxy) is 1. The van der Waals surface area contributed by atoms with E-state index >= 15 is 0 Å². The number of benzene rings is 2. The maximum Gasteiger partial charge on any atom is 0.386 e. The Hall–Kier alpha value is -2.89. The monoisotopic (exact) mass is 538 g/mol. The van der Waals surface area contributed by atoms with Gasteiger partial charge in [-0.05, 0) is 42.1 Å². The molecule has 0 saturated heterocycles. The number of sulfonamides is 1. The third-order valence-corrected chi connectivity index (χ3v) is 7.04. The minimum atomic E-state index is -4.00. The van der Waals surface area contributed by atoms with E-state index < -0.39 is 16.2 Å². The van der Waals surface area contributed by atoms with E-state index in [1.807, 2.05) is 18.2 Å². The molecule has 4 rings (SSSR count). The second kappa shape index (κ2) is 12.6. The highest BCUT2D eigenvalue weighted by Gasteiger charge is 2.31. The minimum Gasteiger partial charge on any atom is -0.492 e. The number of aromatic nitrogens is 2. The van der Waals surface area contributed by atoms with Crippen LogP contribution in [0.25, 0.3) is 0 Å². The molecule has 0 aliphatic carbocycles. The molecule has 0 fully saturated rings. The number of aryl methyl sites for hydroxylation is 1. The van der Waals surface area contributed by atoms with E-state index in [-0.39, 0.29) is 30.5 Å². The molecule has 202 valence electrons. The van der Waals surface area contributed by atoms with E-state index in [2.05, 4.69) is 52.3 Å². The summed E-state index contributed by atoms with van der Waals surface area (Å²) in [5.41, 5.74) is 3.28. The summed E-state index contributed by atoms with van der Waals surface area (Å²) in [6.45, 7) is 4.08. The molecule has 2 unspecified atom stereocenters. The van der Waals surface area contributed by atoms with Crippen molar-refractivity contribution in [2.75, 3.05) is 13.2 Å². The summed E-state index contributed by atoms with van der Waals surface area (Å²) in [5, 5.41) is 3.66. The van der Waals surface area contributed by atoms with Crippen LogP contribution in [0.5, 0.6) is 5.75 Å². The van der Waals surface area contributed by atoms with Gasteiger partial charge in [0.25, 0.3) is 10.0 Å². The van der Waals surface area contributed by atoms with Crippen LogP contribution in [0.1, 0.15) is 42.9 Å². The zero-order chi connectivity index (χ0) is 27.1. The minimum absolute atomic E-state index is 0.0204. The predicted molar refractivity (Wildman–Crippen MR) is 136 cm³/mol. The summed E-state index contributed by atoms with van der Waals surface area (Å²) in [6, 6.07) is 16.6. The molecule has 7 nitrogen and oxygen atoms in total. The summed E-state index contributed by atoms with van der Waals surface area (Å²) < 4.78 is 66.5. The zero-order valence-electron chi connectivity index (χ0n) is 21.1. The quantitative estimate of drug-likeness (QED) is 0.418. The second-order valence-electron chi connectivity index (χ2n) is 9.02. The van der Waals surface area contributed by atoms with Gasteiger partial charge in [0, 0.05) is 38.7 Å². The lowest BCUT2D eigenvalue weighted by atomic mass is 9.83. The van der Waals surface area contributed by atoms with E-state index in [0.717, 1.165) is 36.3 Å². The van der Waals surface area contributed by atoms with Crippen molar-refractivity contribution in [3.05, 3.63) is 77.7 Å². The van der Waals surface area contributed by atoms with Crippen LogP contribution < -0.4 is 14.8 Å². The molecule has 2 N–H and O–H groups in total. The fourth-order valence-electron chi connectivity index (χ4n) is 4.07. The number of imidazole rings is 1. The fraction of sp³-hybridized carbons (Fsp3) is 0.423. The molecule has 1 aromatic heterocycles. The average Bonchev–Trinajstić information content (AvgIpc) is 3.29. The average molecular weight is 539 g/mol.